The van der Waals surface area contributed by atoms with Gasteiger partial charge in [0.25, 0.3) is 0 Å². The van der Waals surface area contributed by atoms with Gasteiger partial charge < -0.3 is 9.47 Å². The Hall–Kier alpha value is -0.130. The average molecular weight is 347 g/mol. The van der Waals surface area contributed by atoms with E-state index in [2.05, 4.69) is 26.9 Å². The van der Waals surface area contributed by atoms with Gasteiger partial charge in [-0.05, 0) is 17.7 Å². The predicted molar refractivity (Wildman–Crippen MR) is 78.3 cm³/mol. The molecule has 2 aliphatic rings. The molecule has 0 radical (unpaired) electrons. The van der Waals surface area contributed by atoms with E-state index in [-0.39, 0.29) is 5.79 Å². The molecule has 3 rings (SSSR count). The number of nitrogens with zero attached hydrogens (tertiary/aromatic N) is 1. The molecule has 2 saturated heterocycles. The number of likely N-dealkylation sites (tertiary alicyclic amines) is 1. The highest BCUT2D eigenvalue weighted by Crippen LogP contribution is 2.32. The van der Waals surface area contributed by atoms with Crippen molar-refractivity contribution in [1.82, 2.24) is 4.90 Å². The summed E-state index contributed by atoms with van der Waals surface area (Å²) < 4.78 is 12.5. The highest BCUT2D eigenvalue weighted by molar-refractivity contribution is 9.10. The summed E-state index contributed by atoms with van der Waals surface area (Å²) in [6.45, 7) is 4.35. The van der Waals surface area contributed by atoms with Gasteiger partial charge in [-0.1, -0.05) is 33.6 Å². The van der Waals surface area contributed by atoms with Gasteiger partial charge in [0.2, 0.25) is 0 Å². The summed E-state index contributed by atoms with van der Waals surface area (Å²) in [4.78, 5) is 2.41. The maximum atomic E-state index is 6.26. The smallest absolute Gasteiger partial charge is 0.170 e. The zero-order valence-electron chi connectivity index (χ0n) is 10.7. The molecule has 0 amide bonds. The molecule has 2 heterocycles. The third-order valence-corrected chi connectivity index (χ3v) is 4.69. The molecule has 0 aromatic heterocycles. The molecule has 5 heteroatoms. The Kier molecular flexibility index (Phi) is 4.15. The Morgan fingerprint density at radius 2 is 1.89 bits per heavy atom. The van der Waals surface area contributed by atoms with Crippen LogP contribution in [0.5, 0.6) is 0 Å². The first-order chi connectivity index (χ1) is 9.17. The van der Waals surface area contributed by atoms with Gasteiger partial charge in [0.1, 0.15) is 0 Å². The molecule has 1 spiro atoms. The van der Waals surface area contributed by atoms with Crippen molar-refractivity contribution in [2.45, 2.75) is 25.2 Å². The molecule has 2 fully saturated rings. The second-order valence-corrected chi connectivity index (χ2v) is 6.44. The van der Waals surface area contributed by atoms with Gasteiger partial charge in [0.15, 0.2) is 5.79 Å². The Bertz CT molecular complexity index is 453. The summed E-state index contributed by atoms with van der Waals surface area (Å²) in [6.07, 6.45) is 1.89. The van der Waals surface area contributed by atoms with Crippen LogP contribution in [0.1, 0.15) is 18.4 Å². The van der Waals surface area contributed by atoms with Gasteiger partial charge in [0.05, 0.1) is 13.2 Å². The van der Waals surface area contributed by atoms with Crippen LogP contribution in [-0.2, 0) is 16.0 Å². The van der Waals surface area contributed by atoms with Crippen LogP contribution in [-0.4, -0.2) is 37.0 Å². The number of benzene rings is 1. The Balaban J connectivity index is 1.60. The molecule has 0 bridgehead atoms. The standard InChI is InChI=1S/C14H17BrClNO2/c15-12-2-1-11(13(16)9-12)10-17-5-3-14(4-6-17)18-7-8-19-14/h1-2,9H,3-8,10H2. The predicted octanol–water partition coefficient (Wildman–Crippen LogP) is 3.44. The zero-order chi connectivity index (χ0) is 13.3. The van der Waals surface area contributed by atoms with Crippen LogP contribution in [0.4, 0.5) is 0 Å². The minimum absolute atomic E-state index is 0.292. The molecular formula is C14H17BrClNO2. The van der Waals surface area contributed by atoms with Crippen LogP contribution < -0.4 is 0 Å². The van der Waals surface area contributed by atoms with E-state index >= 15 is 0 Å². The highest BCUT2D eigenvalue weighted by atomic mass is 79.9. The number of rotatable bonds is 2. The maximum Gasteiger partial charge on any atom is 0.170 e. The molecular weight excluding hydrogens is 330 g/mol. The van der Waals surface area contributed by atoms with Crippen LogP contribution in [0.15, 0.2) is 22.7 Å². The van der Waals surface area contributed by atoms with Gasteiger partial charge in [-0.25, -0.2) is 0 Å². The van der Waals surface area contributed by atoms with Gasteiger partial charge in [0, 0.05) is 42.0 Å². The van der Waals surface area contributed by atoms with Crippen molar-refractivity contribution >= 4 is 27.5 Å². The summed E-state index contributed by atoms with van der Waals surface area (Å²) in [5.41, 5.74) is 1.18. The van der Waals surface area contributed by atoms with Crippen molar-refractivity contribution in [3.8, 4) is 0 Å². The molecule has 1 aromatic rings. The lowest BCUT2D eigenvalue weighted by molar-refractivity contribution is -0.185. The molecule has 1 aromatic carbocycles. The number of halogens is 2. The maximum absolute atomic E-state index is 6.26. The van der Waals surface area contributed by atoms with Gasteiger partial charge >= 0.3 is 0 Å². The van der Waals surface area contributed by atoms with Crippen LogP contribution >= 0.6 is 27.5 Å². The lowest BCUT2D eigenvalue weighted by Crippen LogP contribution is -2.44. The molecule has 0 saturated carbocycles. The normalized spacial score (nSPS) is 23.1. The molecule has 104 valence electrons. The van der Waals surface area contributed by atoms with E-state index in [9.17, 15) is 0 Å². The number of ether oxygens (including phenoxy) is 2. The van der Waals surface area contributed by atoms with Crippen molar-refractivity contribution in [3.05, 3.63) is 33.3 Å². The van der Waals surface area contributed by atoms with Crippen LogP contribution in [0.25, 0.3) is 0 Å². The second-order valence-electron chi connectivity index (χ2n) is 5.12. The van der Waals surface area contributed by atoms with E-state index < -0.39 is 0 Å². The van der Waals surface area contributed by atoms with E-state index in [1.165, 1.54) is 5.56 Å². The van der Waals surface area contributed by atoms with Crippen LogP contribution in [0.2, 0.25) is 5.02 Å². The summed E-state index contributed by atoms with van der Waals surface area (Å²) in [5.74, 6) is -0.292. The van der Waals surface area contributed by atoms with E-state index in [0.717, 1.165) is 55.2 Å². The second kappa shape index (κ2) is 5.70. The monoisotopic (exact) mass is 345 g/mol. The van der Waals surface area contributed by atoms with Gasteiger partial charge in [-0.3, -0.25) is 4.90 Å². The Morgan fingerprint density at radius 3 is 2.53 bits per heavy atom. The van der Waals surface area contributed by atoms with Crippen molar-refractivity contribution < 1.29 is 9.47 Å². The molecule has 0 N–H and O–H groups in total. The molecule has 2 aliphatic heterocycles. The van der Waals surface area contributed by atoms with Crippen molar-refractivity contribution in [1.29, 1.82) is 0 Å². The van der Waals surface area contributed by atoms with Crippen molar-refractivity contribution in [3.63, 3.8) is 0 Å². The first kappa shape index (κ1) is 13.8. The number of piperidine rings is 1. The van der Waals surface area contributed by atoms with Gasteiger partial charge in [-0.15, -0.1) is 0 Å². The van der Waals surface area contributed by atoms with Crippen LogP contribution in [0.3, 0.4) is 0 Å². The van der Waals surface area contributed by atoms with E-state index in [1.807, 2.05) is 12.1 Å². The largest absolute Gasteiger partial charge is 0.347 e. The van der Waals surface area contributed by atoms with E-state index in [4.69, 9.17) is 21.1 Å². The molecule has 19 heavy (non-hydrogen) atoms. The number of hydrogen-bond donors (Lipinski definition) is 0. The third kappa shape index (κ3) is 3.14. The highest BCUT2D eigenvalue weighted by Gasteiger charge is 2.39. The summed E-state index contributed by atoms with van der Waals surface area (Å²) in [7, 11) is 0. The number of hydrogen-bond acceptors (Lipinski definition) is 3. The molecule has 3 nitrogen and oxygen atoms in total. The van der Waals surface area contributed by atoms with Gasteiger partial charge in [-0.2, -0.15) is 0 Å². The third-order valence-electron chi connectivity index (χ3n) is 3.84. The molecule has 0 unspecified atom stereocenters. The molecule has 0 atom stereocenters. The first-order valence-corrected chi connectivity index (χ1v) is 7.78. The topological polar surface area (TPSA) is 21.7 Å². The molecule has 0 aliphatic carbocycles. The minimum Gasteiger partial charge on any atom is -0.347 e. The summed E-state index contributed by atoms with van der Waals surface area (Å²) in [5, 5.41) is 0.822. The minimum atomic E-state index is -0.292. The van der Waals surface area contributed by atoms with Crippen molar-refractivity contribution in [2.24, 2.45) is 0 Å². The SMILES string of the molecule is Clc1cc(Br)ccc1CN1CCC2(CC1)OCCO2. The van der Waals surface area contributed by atoms with E-state index in [0.29, 0.717) is 0 Å². The zero-order valence-corrected chi connectivity index (χ0v) is 13.0. The fourth-order valence-corrected chi connectivity index (χ4v) is 3.46. The fourth-order valence-electron chi connectivity index (χ4n) is 2.73. The van der Waals surface area contributed by atoms with Crippen LogP contribution in [0, 0.1) is 0 Å². The Morgan fingerprint density at radius 1 is 1.21 bits per heavy atom. The quantitative estimate of drug-likeness (QED) is 0.819. The van der Waals surface area contributed by atoms with E-state index in [1.54, 1.807) is 0 Å². The lowest BCUT2D eigenvalue weighted by atomic mass is 10.0. The van der Waals surface area contributed by atoms with Crippen molar-refractivity contribution in [2.75, 3.05) is 26.3 Å². The fraction of sp³-hybridized carbons (Fsp3) is 0.571. The summed E-state index contributed by atoms with van der Waals surface area (Å²) >= 11 is 9.69. The Labute approximate surface area is 126 Å². The first-order valence-electron chi connectivity index (χ1n) is 6.61. The average Bonchev–Trinajstić information content (AvgIpc) is 2.84. The summed E-state index contributed by atoms with van der Waals surface area (Å²) in [6, 6.07) is 6.07. The lowest BCUT2D eigenvalue weighted by Gasteiger charge is -2.37.